The van der Waals surface area contributed by atoms with Gasteiger partial charge in [0.1, 0.15) is 0 Å². The molecule has 0 aromatic rings. The van der Waals surface area contributed by atoms with E-state index >= 15 is 0 Å². The first-order chi connectivity index (χ1) is 8.46. The van der Waals surface area contributed by atoms with E-state index in [0.717, 1.165) is 5.57 Å². The van der Waals surface area contributed by atoms with Gasteiger partial charge in [0, 0.05) is 5.92 Å². The third-order valence-electron chi connectivity index (χ3n) is 4.08. The number of rotatable bonds is 2. The Kier molecular flexibility index (Phi) is 3.00. The van der Waals surface area contributed by atoms with E-state index in [9.17, 15) is 14.4 Å². The minimum atomic E-state index is -1.27. The van der Waals surface area contributed by atoms with Crippen molar-refractivity contribution in [2.24, 2.45) is 17.3 Å². The summed E-state index contributed by atoms with van der Waals surface area (Å²) in [6, 6.07) is 0. The van der Waals surface area contributed by atoms with Crippen LogP contribution in [0.15, 0.2) is 11.6 Å². The van der Waals surface area contributed by atoms with E-state index in [1.54, 1.807) is 6.08 Å². The third-order valence-corrected chi connectivity index (χ3v) is 4.08. The second kappa shape index (κ2) is 4.23. The normalized spacial score (nSPS) is 28.6. The van der Waals surface area contributed by atoms with Crippen LogP contribution in [0.5, 0.6) is 0 Å². The predicted molar refractivity (Wildman–Crippen MR) is 61.4 cm³/mol. The third kappa shape index (κ3) is 1.57. The number of carbonyl (C=O) groups is 3. The number of methoxy groups -OCH3 is 2. The molecular weight excluding hydrogens is 236 g/mol. The number of fused-ring (bicyclic) bond motifs is 1. The number of carbonyl (C=O) groups excluding carboxylic acids is 3. The standard InChI is InChI=1S/C13H16O5/c1-7-9-6-13(11(15)17-2,12(16)18-3)5-8(9)4-10(7)14/h4,7,9H,5-6H2,1-3H3/t7-,9+/m1/s1. The highest BCUT2D eigenvalue weighted by Crippen LogP contribution is 2.52. The van der Waals surface area contributed by atoms with Gasteiger partial charge in [-0.1, -0.05) is 12.5 Å². The molecule has 5 heteroatoms. The lowest BCUT2D eigenvalue weighted by Gasteiger charge is -2.23. The van der Waals surface area contributed by atoms with Gasteiger partial charge in [0.25, 0.3) is 0 Å². The fourth-order valence-corrected chi connectivity index (χ4v) is 3.01. The Morgan fingerprint density at radius 2 is 1.83 bits per heavy atom. The SMILES string of the molecule is COC(=O)C1(C(=O)OC)CC2=CC(=O)[C@H](C)[C@@H]2C1. The van der Waals surface area contributed by atoms with Crippen molar-refractivity contribution >= 4 is 17.7 Å². The molecule has 0 amide bonds. The highest BCUT2D eigenvalue weighted by Gasteiger charge is 2.58. The Labute approximate surface area is 105 Å². The minimum Gasteiger partial charge on any atom is -0.468 e. The zero-order chi connectivity index (χ0) is 13.5. The van der Waals surface area contributed by atoms with E-state index in [4.69, 9.17) is 9.47 Å². The highest BCUT2D eigenvalue weighted by molar-refractivity contribution is 6.03. The van der Waals surface area contributed by atoms with Crippen LogP contribution >= 0.6 is 0 Å². The summed E-state index contributed by atoms with van der Waals surface area (Å²) < 4.78 is 9.47. The van der Waals surface area contributed by atoms with Crippen LogP contribution in [0.1, 0.15) is 19.8 Å². The number of hydrogen-bond donors (Lipinski definition) is 0. The smallest absolute Gasteiger partial charge is 0.323 e. The molecule has 18 heavy (non-hydrogen) atoms. The highest BCUT2D eigenvalue weighted by atomic mass is 16.5. The van der Waals surface area contributed by atoms with Crippen molar-refractivity contribution in [3.8, 4) is 0 Å². The fourth-order valence-electron chi connectivity index (χ4n) is 3.01. The number of ether oxygens (including phenoxy) is 2. The Hall–Kier alpha value is -1.65. The van der Waals surface area contributed by atoms with Gasteiger partial charge in [-0.05, 0) is 24.8 Å². The van der Waals surface area contributed by atoms with E-state index in [2.05, 4.69) is 0 Å². The first-order valence-corrected chi connectivity index (χ1v) is 5.87. The van der Waals surface area contributed by atoms with Crippen LogP contribution in [0.25, 0.3) is 0 Å². The summed E-state index contributed by atoms with van der Waals surface area (Å²) in [5.41, 5.74) is -0.405. The van der Waals surface area contributed by atoms with Crippen molar-refractivity contribution in [1.29, 1.82) is 0 Å². The van der Waals surface area contributed by atoms with Crippen molar-refractivity contribution in [3.63, 3.8) is 0 Å². The van der Waals surface area contributed by atoms with Crippen molar-refractivity contribution < 1.29 is 23.9 Å². The van der Waals surface area contributed by atoms with E-state index in [0.29, 0.717) is 6.42 Å². The monoisotopic (exact) mass is 252 g/mol. The van der Waals surface area contributed by atoms with E-state index in [-0.39, 0.29) is 24.0 Å². The van der Waals surface area contributed by atoms with Crippen LogP contribution in [0.2, 0.25) is 0 Å². The maximum absolute atomic E-state index is 11.9. The first-order valence-electron chi connectivity index (χ1n) is 5.87. The molecule has 0 N–H and O–H groups in total. The van der Waals surface area contributed by atoms with Gasteiger partial charge in [-0.15, -0.1) is 0 Å². The number of allylic oxidation sites excluding steroid dienone is 2. The average molecular weight is 252 g/mol. The second-order valence-corrected chi connectivity index (χ2v) is 4.96. The summed E-state index contributed by atoms with van der Waals surface area (Å²) in [4.78, 5) is 35.4. The molecule has 0 radical (unpaired) electrons. The molecule has 0 saturated heterocycles. The van der Waals surface area contributed by atoms with Crippen molar-refractivity contribution in [3.05, 3.63) is 11.6 Å². The molecule has 98 valence electrons. The summed E-state index contributed by atoms with van der Waals surface area (Å²) in [6.45, 7) is 1.82. The topological polar surface area (TPSA) is 69.7 Å². The molecule has 0 spiro atoms. The Balaban J connectivity index is 2.37. The molecular formula is C13H16O5. The van der Waals surface area contributed by atoms with Crippen LogP contribution in [0.3, 0.4) is 0 Å². The van der Waals surface area contributed by atoms with Crippen LogP contribution in [0, 0.1) is 17.3 Å². The van der Waals surface area contributed by atoms with Gasteiger partial charge in [0.2, 0.25) is 0 Å². The van der Waals surface area contributed by atoms with Crippen LogP contribution in [-0.4, -0.2) is 31.9 Å². The van der Waals surface area contributed by atoms with Crippen LogP contribution < -0.4 is 0 Å². The number of ketones is 1. The maximum Gasteiger partial charge on any atom is 0.323 e. The van der Waals surface area contributed by atoms with Crippen LogP contribution in [0.4, 0.5) is 0 Å². The Bertz CT molecular complexity index is 432. The minimum absolute atomic E-state index is 0.0456. The lowest BCUT2D eigenvalue weighted by atomic mass is 9.82. The summed E-state index contributed by atoms with van der Waals surface area (Å²) in [5.74, 6) is -1.31. The van der Waals surface area contributed by atoms with E-state index < -0.39 is 17.4 Å². The summed E-state index contributed by atoms with van der Waals surface area (Å²) in [6.07, 6.45) is 2.08. The number of esters is 2. The quantitative estimate of drug-likeness (QED) is 0.539. The first kappa shape index (κ1) is 12.8. The summed E-state index contributed by atoms with van der Waals surface area (Å²) >= 11 is 0. The molecule has 0 unspecified atom stereocenters. The molecule has 0 aliphatic heterocycles. The fraction of sp³-hybridized carbons (Fsp3) is 0.615. The molecule has 1 fully saturated rings. The summed E-state index contributed by atoms with van der Waals surface area (Å²) in [7, 11) is 2.51. The predicted octanol–water partition coefficient (Wildman–Crippen LogP) is 0.874. The van der Waals surface area contributed by atoms with Crippen molar-refractivity contribution in [1.82, 2.24) is 0 Å². The van der Waals surface area contributed by atoms with E-state index in [1.165, 1.54) is 14.2 Å². The molecule has 0 aromatic carbocycles. The molecule has 2 rings (SSSR count). The Morgan fingerprint density at radius 1 is 1.28 bits per heavy atom. The lowest BCUT2D eigenvalue weighted by Crippen LogP contribution is -2.39. The van der Waals surface area contributed by atoms with Gasteiger partial charge in [-0.3, -0.25) is 14.4 Å². The number of hydrogen-bond acceptors (Lipinski definition) is 5. The molecule has 0 heterocycles. The molecule has 1 saturated carbocycles. The zero-order valence-electron chi connectivity index (χ0n) is 10.7. The van der Waals surface area contributed by atoms with Crippen LogP contribution in [-0.2, 0) is 23.9 Å². The molecule has 0 aromatic heterocycles. The molecule has 2 atom stereocenters. The zero-order valence-corrected chi connectivity index (χ0v) is 10.7. The maximum atomic E-state index is 11.9. The molecule has 2 aliphatic rings. The molecule has 5 nitrogen and oxygen atoms in total. The Morgan fingerprint density at radius 3 is 2.28 bits per heavy atom. The largest absolute Gasteiger partial charge is 0.468 e. The van der Waals surface area contributed by atoms with E-state index in [1.807, 2.05) is 6.92 Å². The van der Waals surface area contributed by atoms with Gasteiger partial charge >= 0.3 is 11.9 Å². The lowest BCUT2D eigenvalue weighted by molar-refractivity contribution is -0.169. The van der Waals surface area contributed by atoms with Crippen molar-refractivity contribution in [2.45, 2.75) is 19.8 Å². The summed E-state index contributed by atoms with van der Waals surface area (Å²) in [5, 5.41) is 0. The molecule has 0 bridgehead atoms. The van der Waals surface area contributed by atoms with Gasteiger partial charge in [-0.2, -0.15) is 0 Å². The van der Waals surface area contributed by atoms with Gasteiger partial charge in [0.15, 0.2) is 11.2 Å². The average Bonchev–Trinajstić information content (AvgIpc) is 2.86. The van der Waals surface area contributed by atoms with Gasteiger partial charge in [0.05, 0.1) is 14.2 Å². The van der Waals surface area contributed by atoms with Crippen molar-refractivity contribution in [2.75, 3.05) is 14.2 Å². The van der Waals surface area contributed by atoms with Gasteiger partial charge < -0.3 is 9.47 Å². The molecule has 2 aliphatic carbocycles. The van der Waals surface area contributed by atoms with Gasteiger partial charge in [-0.25, -0.2) is 0 Å². The second-order valence-electron chi connectivity index (χ2n) is 4.96.